The fraction of sp³-hybridized carbons (Fsp3) is 0.600. The molecule has 106 valence electrons. The Morgan fingerprint density at radius 1 is 1.26 bits per heavy atom. The molecule has 0 aliphatic carbocycles. The molecule has 1 fully saturated rings. The first-order valence-corrected chi connectivity index (χ1v) is 7.08. The van der Waals surface area contributed by atoms with Crippen LogP contribution in [0.15, 0.2) is 18.2 Å². The normalized spacial score (nSPS) is 20.1. The molecule has 0 amide bonds. The third-order valence-corrected chi connectivity index (χ3v) is 3.59. The molecule has 1 aromatic carbocycles. The van der Waals surface area contributed by atoms with Crippen LogP contribution >= 0.6 is 0 Å². The van der Waals surface area contributed by atoms with E-state index in [9.17, 15) is 8.78 Å². The highest BCUT2D eigenvalue weighted by molar-refractivity contribution is 5.18. The van der Waals surface area contributed by atoms with Crippen LogP contribution in [0.1, 0.15) is 25.3 Å². The van der Waals surface area contributed by atoms with Gasteiger partial charge in [-0.2, -0.15) is 0 Å². The zero-order valence-electron chi connectivity index (χ0n) is 11.5. The van der Waals surface area contributed by atoms with E-state index < -0.39 is 11.6 Å². The van der Waals surface area contributed by atoms with Crippen LogP contribution in [0.4, 0.5) is 8.78 Å². The van der Waals surface area contributed by atoms with Gasteiger partial charge in [-0.1, -0.05) is 6.92 Å². The average Bonchev–Trinajstić information content (AvgIpc) is 2.81. The molecular formula is C15H22F2N2. The Morgan fingerprint density at radius 2 is 2.00 bits per heavy atom. The largest absolute Gasteiger partial charge is 0.313 e. The van der Waals surface area contributed by atoms with Crippen LogP contribution in [-0.2, 0) is 6.42 Å². The van der Waals surface area contributed by atoms with Crippen LogP contribution in [0.2, 0.25) is 0 Å². The molecule has 0 aromatic heterocycles. The fourth-order valence-corrected chi connectivity index (χ4v) is 2.59. The predicted octanol–water partition coefficient (Wildman–Crippen LogP) is 2.58. The third-order valence-electron chi connectivity index (χ3n) is 3.59. The fourth-order valence-electron chi connectivity index (χ4n) is 2.59. The summed E-state index contributed by atoms with van der Waals surface area (Å²) in [5.74, 6) is -0.974. The van der Waals surface area contributed by atoms with E-state index >= 15 is 0 Å². The highest BCUT2D eigenvalue weighted by Crippen LogP contribution is 2.12. The number of rotatable bonds is 6. The van der Waals surface area contributed by atoms with Crippen molar-refractivity contribution < 1.29 is 8.78 Å². The third kappa shape index (κ3) is 4.55. The molecule has 1 aromatic rings. The minimum absolute atomic E-state index is 0.487. The van der Waals surface area contributed by atoms with Crippen LogP contribution in [0.25, 0.3) is 0 Å². The maximum absolute atomic E-state index is 13.1. The molecule has 1 atom stereocenters. The summed E-state index contributed by atoms with van der Waals surface area (Å²) < 4.78 is 26.1. The van der Waals surface area contributed by atoms with E-state index in [0.29, 0.717) is 12.5 Å². The Hall–Kier alpha value is -1.00. The second-order valence-corrected chi connectivity index (χ2v) is 5.27. The Bertz CT molecular complexity index is 389. The van der Waals surface area contributed by atoms with Crippen molar-refractivity contribution in [3.63, 3.8) is 0 Å². The number of likely N-dealkylation sites (tertiary alicyclic amines) is 1. The summed E-state index contributed by atoms with van der Waals surface area (Å²) in [7, 11) is 0. The summed E-state index contributed by atoms with van der Waals surface area (Å²) in [4.78, 5) is 2.36. The molecule has 2 rings (SSSR count). The summed E-state index contributed by atoms with van der Waals surface area (Å²) >= 11 is 0. The average molecular weight is 268 g/mol. The van der Waals surface area contributed by atoms with Crippen molar-refractivity contribution in [1.82, 2.24) is 10.2 Å². The van der Waals surface area contributed by atoms with Gasteiger partial charge in [0.25, 0.3) is 0 Å². The lowest BCUT2D eigenvalue weighted by Crippen LogP contribution is -2.33. The Labute approximate surface area is 113 Å². The summed E-state index contributed by atoms with van der Waals surface area (Å²) in [5, 5.41) is 3.52. The van der Waals surface area contributed by atoms with Gasteiger partial charge in [0.1, 0.15) is 11.6 Å². The first-order valence-electron chi connectivity index (χ1n) is 7.08. The van der Waals surface area contributed by atoms with E-state index in [2.05, 4.69) is 17.1 Å². The van der Waals surface area contributed by atoms with Crippen molar-refractivity contribution >= 4 is 0 Å². The second-order valence-electron chi connectivity index (χ2n) is 5.27. The lowest BCUT2D eigenvalue weighted by molar-refractivity contribution is 0.331. The van der Waals surface area contributed by atoms with Crippen LogP contribution in [0.5, 0.6) is 0 Å². The monoisotopic (exact) mass is 268 g/mol. The first-order chi connectivity index (χ1) is 9.17. The van der Waals surface area contributed by atoms with Crippen molar-refractivity contribution in [2.45, 2.75) is 32.2 Å². The van der Waals surface area contributed by atoms with Crippen molar-refractivity contribution in [1.29, 1.82) is 0 Å². The van der Waals surface area contributed by atoms with E-state index in [0.717, 1.165) is 50.7 Å². The van der Waals surface area contributed by atoms with Gasteiger partial charge in [0, 0.05) is 25.2 Å². The molecule has 1 N–H and O–H groups in total. The standard InChI is InChI=1S/C15H22F2N2/c1-2-5-18-15-4-7-19(11-15)6-3-12-8-13(16)10-14(17)9-12/h8-10,15,18H,2-7,11H2,1H3. The van der Waals surface area contributed by atoms with Crippen molar-refractivity contribution in [3.05, 3.63) is 35.4 Å². The molecule has 0 radical (unpaired) electrons. The number of nitrogens with one attached hydrogen (secondary N) is 1. The molecular weight excluding hydrogens is 246 g/mol. The molecule has 1 saturated heterocycles. The molecule has 0 saturated carbocycles. The topological polar surface area (TPSA) is 15.3 Å². The molecule has 2 nitrogen and oxygen atoms in total. The zero-order chi connectivity index (χ0) is 13.7. The van der Waals surface area contributed by atoms with E-state index in [1.165, 1.54) is 12.1 Å². The predicted molar refractivity (Wildman–Crippen MR) is 73.2 cm³/mol. The lowest BCUT2D eigenvalue weighted by atomic mass is 10.1. The summed E-state index contributed by atoms with van der Waals surface area (Å²) in [6, 6.07) is 4.34. The Balaban J connectivity index is 1.77. The van der Waals surface area contributed by atoms with Crippen LogP contribution in [-0.4, -0.2) is 37.1 Å². The molecule has 1 aliphatic heterocycles. The molecule has 4 heteroatoms. The van der Waals surface area contributed by atoms with Gasteiger partial charge in [0.2, 0.25) is 0 Å². The van der Waals surface area contributed by atoms with Gasteiger partial charge in [-0.15, -0.1) is 0 Å². The van der Waals surface area contributed by atoms with Crippen molar-refractivity contribution in [3.8, 4) is 0 Å². The number of benzene rings is 1. The minimum Gasteiger partial charge on any atom is -0.313 e. The van der Waals surface area contributed by atoms with E-state index in [4.69, 9.17) is 0 Å². The van der Waals surface area contributed by atoms with Gasteiger partial charge < -0.3 is 10.2 Å². The van der Waals surface area contributed by atoms with Crippen LogP contribution in [0.3, 0.4) is 0 Å². The van der Waals surface area contributed by atoms with Crippen molar-refractivity contribution in [2.75, 3.05) is 26.2 Å². The quantitative estimate of drug-likeness (QED) is 0.853. The van der Waals surface area contributed by atoms with E-state index in [1.54, 1.807) is 0 Å². The molecule has 0 spiro atoms. The zero-order valence-corrected chi connectivity index (χ0v) is 11.5. The van der Waals surface area contributed by atoms with Gasteiger partial charge in [0.05, 0.1) is 0 Å². The second kappa shape index (κ2) is 6.96. The molecule has 1 aliphatic rings. The lowest BCUT2D eigenvalue weighted by Gasteiger charge is -2.16. The first kappa shape index (κ1) is 14.4. The summed E-state index contributed by atoms with van der Waals surface area (Å²) in [6.45, 7) is 6.20. The van der Waals surface area contributed by atoms with Gasteiger partial charge in [-0.05, 0) is 50.0 Å². The van der Waals surface area contributed by atoms with Gasteiger partial charge in [0.15, 0.2) is 0 Å². The number of nitrogens with zero attached hydrogens (tertiary/aromatic N) is 1. The van der Waals surface area contributed by atoms with E-state index in [1.807, 2.05) is 0 Å². The maximum atomic E-state index is 13.1. The summed E-state index contributed by atoms with van der Waals surface area (Å²) in [5.41, 5.74) is 0.738. The smallest absolute Gasteiger partial charge is 0.126 e. The highest BCUT2D eigenvalue weighted by atomic mass is 19.1. The molecule has 1 heterocycles. The summed E-state index contributed by atoms with van der Waals surface area (Å²) in [6.07, 6.45) is 3.02. The number of hydrogen-bond donors (Lipinski definition) is 1. The number of halogens is 2. The maximum Gasteiger partial charge on any atom is 0.126 e. The highest BCUT2D eigenvalue weighted by Gasteiger charge is 2.21. The number of hydrogen-bond acceptors (Lipinski definition) is 2. The van der Waals surface area contributed by atoms with E-state index in [-0.39, 0.29) is 0 Å². The van der Waals surface area contributed by atoms with Gasteiger partial charge in [-0.25, -0.2) is 8.78 Å². The SMILES string of the molecule is CCCNC1CCN(CCc2cc(F)cc(F)c2)C1. The van der Waals surface area contributed by atoms with Crippen LogP contribution in [0, 0.1) is 11.6 Å². The Kier molecular flexibility index (Phi) is 5.28. The molecule has 1 unspecified atom stereocenters. The molecule has 0 bridgehead atoms. The van der Waals surface area contributed by atoms with Gasteiger partial charge in [-0.3, -0.25) is 0 Å². The van der Waals surface area contributed by atoms with Gasteiger partial charge >= 0.3 is 0 Å². The van der Waals surface area contributed by atoms with Crippen LogP contribution < -0.4 is 5.32 Å². The molecule has 19 heavy (non-hydrogen) atoms. The Morgan fingerprint density at radius 3 is 2.68 bits per heavy atom. The van der Waals surface area contributed by atoms with Crippen molar-refractivity contribution in [2.24, 2.45) is 0 Å². The minimum atomic E-state index is -0.487.